The number of furan rings is 1. The third-order valence-corrected chi connectivity index (χ3v) is 1.36. The van der Waals surface area contributed by atoms with E-state index in [-0.39, 0.29) is 5.91 Å². The summed E-state index contributed by atoms with van der Waals surface area (Å²) >= 11 is 0. The summed E-state index contributed by atoms with van der Waals surface area (Å²) < 4.78 is 4.93. The number of amides is 1. The Bertz CT molecular complexity index is 252. The highest BCUT2D eigenvalue weighted by atomic mass is 16.3. The fraction of sp³-hybridized carbons (Fsp3) is 0.222. The van der Waals surface area contributed by atoms with Crippen LogP contribution in [-0.2, 0) is 4.79 Å². The second-order valence-electron chi connectivity index (χ2n) is 2.35. The van der Waals surface area contributed by atoms with Gasteiger partial charge >= 0.3 is 0 Å². The SMILES string of the molecule is C=CCCC(=O)Nc1ccco1. The quantitative estimate of drug-likeness (QED) is 0.695. The molecule has 1 aromatic heterocycles. The fourth-order valence-electron chi connectivity index (χ4n) is 0.783. The van der Waals surface area contributed by atoms with E-state index in [1.807, 2.05) is 0 Å². The van der Waals surface area contributed by atoms with Crippen molar-refractivity contribution in [3.8, 4) is 0 Å². The maximum absolute atomic E-state index is 11.1. The highest BCUT2D eigenvalue weighted by molar-refractivity contribution is 5.89. The van der Waals surface area contributed by atoms with Gasteiger partial charge in [-0.05, 0) is 12.5 Å². The van der Waals surface area contributed by atoms with Gasteiger partial charge in [0.05, 0.1) is 6.26 Å². The molecule has 1 aromatic rings. The van der Waals surface area contributed by atoms with Gasteiger partial charge in [0.15, 0.2) is 5.88 Å². The number of carbonyl (C=O) groups is 1. The number of nitrogens with one attached hydrogen (secondary N) is 1. The van der Waals surface area contributed by atoms with Crippen LogP contribution in [0.15, 0.2) is 35.5 Å². The molecule has 0 saturated heterocycles. The van der Waals surface area contributed by atoms with Gasteiger partial charge in [0.25, 0.3) is 0 Å². The van der Waals surface area contributed by atoms with E-state index in [0.717, 1.165) is 0 Å². The van der Waals surface area contributed by atoms with Crippen LogP contribution in [0.2, 0.25) is 0 Å². The van der Waals surface area contributed by atoms with Gasteiger partial charge in [-0.25, -0.2) is 0 Å². The predicted molar refractivity (Wildman–Crippen MR) is 46.8 cm³/mol. The number of rotatable bonds is 4. The molecule has 64 valence electrons. The summed E-state index contributed by atoms with van der Waals surface area (Å²) in [6, 6.07) is 3.43. The summed E-state index contributed by atoms with van der Waals surface area (Å²) in [4.78, 5) is 11.1. The molecule has 0 aliphatic rings. The summed E-state index contributed by atoms with van der Waals surface area (Å²) in [5.74, 6) is 0.439. The van der Waals surface area contributed by atoms with Crippen LogP contribution >= 0.6 is 0 Å². The minimum absolute atomic E-state index is 0.0511. The summed E-state index contributed by atoms with van der Waals surface area (Å²) in [7, 11) is 0. The largest absolute Gasteiger partial charge is 0.449 e. The zero-order chi connectivity index (χ0) is 8.81. The van der Waals surface area contributed by atoms with Crippen molar-refractivity contribution in [2.45, 2.75) is 12.8 Å². The van der Waals surface area contributed by atoms with E-state index < -0.39 is 0 Å². The molecule has 3 heteroatoms. The van der Waals surface area contributed by atoms with Crippen molar-refractivity contribution in [1.29, 1.82) is 0 Å². The maximum atomic E-state index is 11.1. The monoisotopic (exact) mass is 165 g/mol. The van der Waals surface area contributed by atoms with Crippen LogP contribution in [0.5, 0.6) is 0 Å². The zero-order valence-electron chi connectivity index (χ0n) is 6.75. The van der Waals surface area contributed by atoms with E-state index in [1.54, 1.807) is 18.2 Å². The average Bonchev–Trinajstić information content (AvgIpc) is 2.53. The predicted octanol–water partition coefficient (Wildman–Crippen LogP) is 2.18. The summed E-state index contributed by atoms with van der Waals surface area (Å²) in [5, 5.41) is 2.60. The van der Waals surface area contributed by atoms with E-state index in [4.69, 9.17) is 4.42 Å². The Morgan fingerprint density at radius 1 is 1.75 bits per heavy atom. The van der Waals surface area contributed by atoms with Crippen LogP contribution in [0.1, 0.15) is 12.8 Å². The van der Waals surface area contributed by atoms with Crippen molar-refractivity contribution < 1.29 is 9.21 Å². The molecule has 0 aromatic carbocycles. The van der Waals surface area contributed by atoms with Crippen molar-refractivity contribution in [2.24, 2.45) is 0 Å². The highest BCUT2D eigenvalue weighted by Gasteiger charge is 2.01. The molecule has 12 heavy (non-hydrogen) atoms. The molecule has 1 N–H and O–H groups in total. The van der Waals surface area contributed by atoms with Crippen LogP contribution in [0.4, 0.5) is 5.88 Å². The van der Waals surface area contributed by atoms with Gasteiger partial charge in [-0.3, -0.25) is 10.1 Å². The molecule has 0 bridgehead atoms. The van der Waals surface area contributed by atoms with Crippen molar-refractivity contribution in [1.82, 2.24) is 0 Å². The van der Waals surface area contributed by atoms with E-state index >= 15 is 0 Å². The molecule has 0 aliphatic heterocycles. The van der Waals surface area contributed by atoms with Gasteiger partial charge in [0, 0.05) is 12.5 Å². The first-order chi connectivity index (χ1) is 5.83. The standard InChI is InChI=1S/C9H11NO2/c1-2-3-5-8(11)10-9-6-4-7-12-9/h2,4,6-7H,1,3,5H2,(H,10,11). The topological polar surface area (TPSA) is 42.2 Å². The molecule has 0 radical (unpaired) electrons. The van der Waals surface area contributed by atoms with E-state index in [2.05, 4.69) is 11.9 Å². The van der Waals surface area contributed by atoms with Gasteiger partial charge in [0.2, 0.25) is 5.91 Å². The Balaban J connectivity index is 2.32. The van der Waals surface area contributed by atoms with Crippen LogP contribution in [0.25, 0.3) is 0 Å². The van der Waals surface area contributed by atoms with Gasteiger partial charge < -0.3 is 4.42 Å². The van der Waals surface area contributed by atoms with Crippen molar-refractivity contribution in [3.05, 3.63) is 31.1 Å². The molecule has 0 aliphatic carbocycles. The lowest BCUT2D eigenvalue weighted by Gasteiger charge is -1.98. The molecule has 0 unspecified atom stereocenters. The molecule has 0 fully saturated rings. The third kappa shape index (κ3) is 2.62. The summed E-state index contributed by atoms with van der Waals surface area (Å²) in [6.07, 6.45) is 4.36. The number of carbonyl (C=O) groups excluding carboxylic acids is 1. The van der Waals surface area contributed by atoms with Crippen molar-refractivity contribution in [3.63, 3.8) is 0 Å². The number of hydrogen-bond acceptors (Lipinski definition) is 2. The Morgan fingerprint density at radius 2 is 2.58 bits per heavy atom. The summed E-state index contributed by atoms with van der Waals surface area (Å²) in [6.45, 7) is 3.53. The first-order valence-electron chi connectivity index (χ1n) is 3.77. The van der Waals surface area contributed by atoms with Gasteiger partial charge in [0.1, 0.15) is 0 Å². The maximum Gasteiger partial charge on any atom is 0.226 e. The average molecular weight is 165 g/mol. The minimum Gasteiger partial charge on any atom is -0.449 e. The fourth-order valence-corrected chi connectivity index (χ4v) is 0.783. The second-order valence-corrected chi connectivity index (χ2v) is 2.35. The first-order valence-corrected chi connectivity index (χ1v) is 3.77. The Morgan fingerprint density at radius 3 is 3.17 bits per heavy atom. The number of allylic oxidation sites excluding steroid dienone is 1. The molecule has 3 nitrogen and oxygen atoms in total. The molecule has 0 saturated carbocycles. The van der Waals surface area contributed by atoms with E-state index in [0.29, 0.717) is 18.7 Å². The molecule has 0 spiro atoms. The first kappa shape index (κ1) is 8.59. The lowest BCUT2D eigenvalue weighted by molar-refractivity contribution is -0.116. The van der Waals surface area contributed by atoms with Crippen LogP contribution in [0, 0.1) is 0 Å². The molecule has 1 heterocycles. The Kier molecular flexibility index (Phi) is 3.14. The van der Waals surface area contributed by atoms with Crippen molar-refractivity contribution >= 4 is 11.8 Å². The van der Waals surface area contributed by atoms with Gasteiger partial charge in [-0.1, -0.05) is 6.08 Å². The molecule has 0 atom stereocenters. The highest BCUT2D eigenvalue weighted by Crippen LogP contribution is 2.07. The second kappa shape index (κ2) is 4.38. The lowest BCUT2D eigenvalue weighted by atomic mass is 10.3. The van der Waals surface area contributed by atoms with Crippen LogP contribution < -0.4 is 5.32 Å². The Hall–Kier alpha value is -1.51. The summed E-state index contributed by atoms with van der Waals surface area (Å²) in [5.41, 5.74) is 0. The number of hydrogen-bond donors (Lipinski definition) is 1. The zero-order valence-corrected chi connectivity index (χ0v) is 6.75. The van der Waals surface area contributed by atoms with E-state index in [1.165, 1.54) is 6.26 Å². The van der Waals surface area contributed by atoms with Crippen LogP contribution in [-0.4, -0.2) is 5.91 Å². The Labute approximate surface area is 71.1 Å². The third-order valence-electron chi connectivity index (χ3n) is 1.36. The van der Waals surface area contributed by atoms with E-state index in [9.17, 15) is 4.79 Å². The van der Waals surface area contributed by atoms with Gasteiger partial charge in [-0.15, -0.1) is 6.58 Å². The molecular formula is C9H11NO2. The molecular weight excluding hydrogens is 154 g/mol. The van der Waals surface area contributed by atoms with Crippen molar-refractivity contribution in [2.75, 3.05) is 5.32 Å². The number of anilines is 1. The molecule has 1 amide bonds. The normalized spacial score (nSPS) is 9.33. The minimum atomic E-state index is -0.0511. The smallest absolute Gasteiger partial charge is 0.226 e. The molecule has 1 rings (SSSR count). The van der Waals surface area contributed by atoms with Crippen LogP contribution in [0.3, 0.4) is 0 Å². The van der Waals surface area contributed by atoms with Gasteiger partial charge in [-0.2, -0.15) is 0 Å². The lowest BCUT2D eigenvalue weighted by Crippen LogP contribution is -2.09.